The van der Waals surface area contributed by atoms with E-state index < -0.39 is 0 Å². The maximum absolute atomic E-state index is 13.1. The second-order valence-corrected chi connectivity index (χ2v) is 13.3. The van der Waals surface area contributed by atoms with Gasteiger partial charge in [-0.15, -0.1) is 0 Å². The first-order chi connectivity index (χ1) is 27.4. The first-order valence-electron chi connectivity index (χ1n) is 17.8. The highest BCUT2D eigenvalue weighted by Gasteiger charge is 2.30. The van der Waals surface area contributed by atoms with Gasteiger partial charge in [-0.05, 0) is 72.8 Å². The molecule has 276 valence electrons. The Balaban J connectivity index is 0.000000146. The van der Waals surface area contributed by atoms with Crippen LogP contribution in [0, 0.1) is 0 Å². The van der Waals surface area contributed by atoms with Gasteiger partial charge in [-0.25, -0.2) is 19.9 Å². The van der Waals surface area contributed by atoms with E-state index in [9.17, 15) is 9.59 Å². The molecule has 13 nitrogen and oxygen atoms in total. The third kappa shape index (κ3) is 6.29. The highest BCUT2D eigenvalue weighted by molar-refractivity contribution is 6.33. The van der Waals surface area contributed by atoms with Crippen molar-refractivity contribution >= 4 is 62.4 Å². The van der Waals surface area contributed by atoms with Gasteiger partial charge in [0.15, 0.2) is 0 Å². The van der Waals surface area contributed by atoms with E-state index in [1.54, 1.807) is 9.80 Å². The lowest BCUT2D eigenvalue weighted by molar-refractivity contribution is 0.0982. The number of fused-ring (bicyclic) bond motifs is 4. The van der Waals surface area contributed by atoms with E-state index in [-0.39, 0.29) is 45.7 Å². The van der Waals surface area contributed by atoms with Gasteiger partial charge in [0, 0.05) is 45.9 Å². The number of anilines is 3. The summed E-state index contributed by atoms with van der Waals surface area (Å²) in [6, 6.07) is 36.2. The van der Waals surface area contributed by atoms with Crippen LogP contribution in [0.5, 0.6) is 11.8 Å². The number of nitrogen functional groups attached to an aromatic ring is 1. The summed E-state index contributed by atoms with van der Waals surface area (Å²) in [4.78, 5) is 45.4. The topological polar surface area (TPSA) is 147 Å². The van der Waals surface area contributed by atoms with Gasteiger partial charge in [-0.1, -0.05) is 48.0 Å². The van der Waals surface area contributed by atoms with Crippen LogP contribution >= 0.6 is 11.6 Å². The molecule has 2 amide bonds. The summed E-state index contributed by atoms with van der Waals surface area (Å²) >= 11 is 6.15. The Morgan fingerprint density at radius 1 is 0.554 bits per heavy atom. The Morgan fingerprint density at radius 2 is 1.04 bits per heavy atom. The van der Waals surface area contributed by atoms with Gasteiger partial charge in [0.1, 0.15) is 48.0 Å². The van der Waals surface area contributed by atoms with Crippen molar-refractivity contribution in [2.45, 2.75) is 0 Å². The molecule has 14 heteroatoms. The number of nitrogens with zero attached hydrogens (tertiary/aromatic N) is 8. The van der Waals surface area contributed by atoms with E-state index in [0.717, 1.165) is 44.6 Å². The van der Waals surface area contributed by atoms with E-state index in [1.807, 2.05) is 97.3 Å². The molecule has 6 heterocycles. The summed E-state index contributed by atoms with van der Waals surface area (Å²) in [5.74, 6) is 0.0608. The summed E-state index contributed by atoms with van der Waals surface area (Å²) < 4.78 is 15.4. The smallest absolute Gasteiger partial charge is 0.267 e. The van der Waals surface area contributed by atoms with Gasteiger partial charge in [-0.2, -0.15) is 0 Å². The lowest BCUT2D eigenvalue weighted by Crippen LogP contribution is -2.32. The molecule has 0 fully saturated rings. The van der Waals surface area contributed by atoms with Crippen molar-refractivity contribution in [2.24, 2.45) is 0 Å². The average molecular weight is 762 g/mol. The van der Waals surface area contributed by atoms with Gasteiger partial charge in [0.25, 0.3) is 11.8 Å². The van der Waals surface area contributed by atoms with Crippen molar-refractivity contribution in [3.63, 3.8) is 0 Å². The normalized spacial score (nSPS) is 13.9. The number of amides is 2. The second kappa shape index (κ2) is 14.5. The fraction of sp³-hybridized carbons (Fsp3) is 0.0952. The van der Waals surface area contributed by atoms with Crippen LogP contribution in [0.2, 0.25) is 5.15 Å². The summed E-state index contributed by atoms with van der Waals surface area (Å²) in [5.41, 5.74) is 12.2. The number of halogens is 1. The van der Waals surface area contributed by atoms with Gasteiger partial charge in [0.2, 0.25) is 11.8 Å². The molecule has 0 radical (unpaired) electrons. The first kappa shape index (κ1) is 34.5. The molecule has 0 saturated heterocycles. The van der Waals surface area contributed by atoms with Gasteiger partial charge in [0.05, 0.1) is 24.1 Å². The zero-order valence-corrected chi connectivity index (χ0v) is 30.5. The minimum Gasteiger partial charge on any atom is -0.475 e. The molecule has 4 aromatic heterocycles. The molecule has 0 unspecified atom stereocenters. The molecule has 2 aliphatic rings. The summed E-state index contributed by atoms with van der Waals surface area (Å²) in [7, 11) is 0. The minimum absolute atomic E-state index is 0.0956. The molecular weight excluding hydrogens is 730 g/mol. The number of hydrogen-bond acceptors (Lipinski definition) is 9. The van der Waals surface area contributed by atoms with E-state index in [4.69, 9.17) is 26.8 Å². The summed E-state index contributed by atoms with van der Waals surface area (Å²) in [5, 5.41) is 2.17. The lowest BCUT2D eigenvalue weighted by atomic mass is 10.2. The molecule has 10 rings (SSSR count). The number of aromatic nitrogens is 6. The molecule has 0 spiro atoms. The third-order valence-electron chi connectivity index (χ3n) is 9.67. The standard InChI is InChI=1S/C21H15ClN4O2.C21H17N5O2/c2*22-19-18-20(24-13-23-19)28-11-10-26(21(18)27)16-6-7-17-14(12-16)8-9-25(17)15-4-2-1-3-5-15/h1-9,12-13H,10-11H2;1-9,12-13H,10-11H2,(H2,22,23,24). The molecular formula is C42H32ClN9O4. The number of nitrogens with two attached hydrogens (primary N) is 1. The highest BCUT2D eigenvalue weighted by Crippen LogP contribution is 2.33. The Hall–Kier alpha value is -7.25. The molecule has 0 bridgehead atoms. The third-order valence-corrected chi connectivity index (χ3v) is 9.96. The predicted octanol–water partition coefficient (Wildman–Crippen LogP) is 7.16. The number of ether oxygens (including phenoxy) is 2. The summed E-state index contributed by atoms with van der Waals surface area (Å²) in [6.07, 6.45) is 6.65. The highest BCUT2D eigenvalue weighted by atomic mass is 35.5. The van der Waals surface area contributed by atoms with E-state index in [0.29, 0.717) is 26.3 Å². The van der Waals surface area contributed by atoms with E-state index in [2.05, 4.69) is 53.3 Å². The molecule has 8 aromatic rings. The molecule has 2 N–H and O–H groups in total. The van der Waals surface area contributed by atoms with Crippen molar-refractivity contribution in [2.75, 3.05) is 41.8 Å². The van der Waals surface area contributed by atoms with Gasteiger partial charge < -0.3 is 34.1 Å². The number of hydrogen-bond donors (Lipinski definition) is 1. The van der Waals surface area contributed by atoms with Crippen LogP contribution in [0.1, 0.15) is 20.7 Å². The fourth-order valence-electron chi connectivity index (χ4n) is 6.99. The first-order valence-corrected chi connectivity index (χ1v) is 18.2. The largest absolute Gasteiger partial charge is 0.475 e. The van der Waals surface area contributed by atoms with Gasteiger partial charge >= 0.3 is 0 Å². The molecule has 56 heavy (non-hydrogen) atoms. The fourth-order valence-corrected chi connectivity index (χ4v) is 7.19. The average Bonchev–Trinajstić information content (AvgIpc) is 3.76. The monoisotopic (exact) mass is 761 g/mol. The SMILES string of the molecule is Nc1ncnc2c1C(=O)N(c1ccc3c(ccn3-c3ccccc3)c1)CCO2.O=C1c2c(Cl)ncnc2OCCN1c1ccc2c(ccn2-c2ccccc2)c1. The Morgan fingerprint density at radius 3 is 1.57 bits per heavy atom. The Bertz CT molecular complexity index is 2570. The second-order valence-electron chi connectivity index (χ2n) is 12.9. The van der Waals surface area contributed by atoms with Crippen molar-refractivity contribution in [1.29, 1.82) is 0 Å². The molecule has 2 aliphatic heterocycles. The maximum Gasteiger partial charge on any atom is 0.267 e. The van der Waals surface area contributed by atoms with Crippen LogP contribution < -0.4 is 25.0 Å². The molecule has 0 aliphatic carbocycles. The number of para-hydroxylation sites is 2. The number of carbonyl (C=O) groups excluding carboxylic acids is 2. The van der Waals surface area contributed by atoms with Crippen molar-refractivity contribution < 1.29 is 19.1 Å². The molecule has 0 atom stereocenters. The van der Waals surface area contributed by atoms with Crippen molar-refractivity contribution in [1.82, 2.24) is 29.1 Å². The minimum atomic E-state index is -0.264. The Labute approximate surface area is 325 Å². The summed E-state index contributed by atoms with van der Waals surface area (Å²) in [6.45, 7) is 1.46. The predicted molar refractivity (Wildman–Crippen MR) is 214 cm³/mol. The zero-order chi connectivity index (χ0) is 38.2. The van der Waals surface area contributed by atoms with Crippen LogP contribution in [0.25, 0.3) is 33.2 Å². The molecule has 4 aromatic carbocycles. The van der Waals surface area contributed by atoms with Crippen LogP contribution in [-0.2, 0) is 0 Å². The van der Waals surface area contributed by atoms with Crippen molar-refractivity contribution in [3.05, 3.63) is 151 Å². The van der Waals surface area contributed by atoms with Crippen molar-refractivity contribution in [3.8, 4) is 23.1 Å². The lowest BCUT2D eigenvalue weighted by Gasteiger charge is -2.20. The van der Waals surface area contributed by atoms with Crippen LogP contribution in [0.4, 0.5) is 17.2 Å². The van der Waals surface area contributed by atoms with Crippen LogP contribution in [0.15, 0.2) is 134 Å². The van der Waals surface area contributed by atoms with Gasteiger partial charge in [-0.3, -0.25) is 9.59 Å². The Kier molecular flexibility index (Phi) is 8.95. The number of carbonyl (C=O) groups is 2. The van der Waals surface area contributed by atoms with Crippen LogP contribution in [0.3, 0.4) is 0 Å². The number of rotatable bonds is 4. The zero-order valence-electron chi connectivity index (χ0n) is 29.7. The van der Waals surface area contributed by atoms with E-state index >= 15 is 0 Å². The number of benzene rings is 4. The molecule has 0 saturated carbocycles. The van der Waals surface area contributed by atoms with Crippen LogP contribution in [-0.4, -0.2) is 67.2 Å². The maximum atomic E-state index is 13.1. The van der Waals surface area contributed by atoms with E-state index in [1.165, 1.54) is 12.7 Å². The quantitative estimate of drug-likeness (QED) is 0.185.